The van der Waals surface area contributed by atoms with Gasteiger partial charge in [-0.2, -0.15) is 0 Å². The predicted molar refractivity (Wildman–Crippen MR) is 125 cm³/mol. The minimum absolute atomic E-state index is 0.00654. The number of rotatable bonds is 6. The zero-order valence-corrected chi connectivity index (χ0v) is 18.2. The van der Waals surface area contributed by atoms with Gasteiger partial charge < -0.3 is 14.6 Å². The maximum atomic E-state index is 13.9. The van der Waals surface area contributed by atoms with Crippen LogP contribution in [0, 0.1) is 5.82 Å². The van der Waals surface area contributed by atoms with Gasteiger partial charge in [-0.1, -0.05) is 11.6 Å². The van der Waals surface area contributed by atoms with E-state index < -0.39 is 17.0 Å². The molecular weight excluding hydrogens is 447 g/mol. The number of amides is 1. The average molecular weight is 465 g/mol. The number of methoxy groups -OCH3 is 1. The summed E-state index contributed by atoms with van der Waals surface area (Å²) < 4.78 is 20.5. The molecule has 8 heteroatoms. The zero-order chi connectivity index (χ0) is 23.5. The molecule has 0 aliphatic carbocycles. The van der Waals surface area contributed by atoms with Crippen LogP contribution in [0.15, 0.2) is 77.7 Å². The van der Waals surface area contributed by atoms with Gasteiger partial charge in [0.15, 0.2) is 5.78 Å². The van der Waals surface area contributed by atoms with Gasteiger partial charge in [0.2, 0.25) is 11.3 Å². The van der Waals surface area contributed by atoms with Crippen LogP contribution in [0.3, 0.4) is 0 Å². The summed E-state index contributed by atoms with van der Waals surface area (Å²) in [6.07, 6.45) is 1.33. The third kappa shape index (κ3) is 4.78. The molecule has 4 rings (SSSR count). The maximum Gasteiger partial charge on any atom is 0.244 e. The van der Waals surface area contributed by atoms with Crippen molar-refractivity contribution in [2.24, 2.45) is 0 Å². The summed E-state index contributed by atoms with van der Waals surface area (Å²) in [5.74, 6) is -0.914. The molecule has 1 N–H and O–H groups in total. The lowest BCUT2D eigenvalue weighted by Gasteiger charge is -2.14. The van der Waals surface area contributed by atoms with Crippen LogP contribution in [-0.4, -0.2) is 23.4 Å². The molecule has 166 valence electrons. The molecule has 6 nitrogen and oxygen atoms in total. The molecule has 0 aliphatic heterocycles. The number of hydrogen-bond donors (Lipinski definition) is 1. The highest BCUT2D eigenvalue weighted by Gasteiger charge is 2.19. The molecule has 0 radical (unpaired) electrons. The average Bonchev–Trinajstić information content (AvgIpc) is 2.81. The molecule has 3 aromatic carbocycles. The van der Waals surface area contributed by atoms with Crippen molar-refractivity contribution >= 4 is 39.9 Å². The number of anilines is 1. The Kier molecular flexibility index (Phi) is 6.24. The molecule has 0 spiro atoms. The van der Waals surface area contributed by atoms with Crippen LogP contribution in [0.4, 0.5) is 10.1 Å². The van der Waals surface area contributed by atoms with Crippen molar-refractivity contribution in [3.05, 3.63) is 105 Å². The second kappa shape index (κ2) is 9.26. The lowest BCUT2D eigenvalue weighted by molar-refractivity contribution is -0.116. The maximum absolute atomic E-state index is 13.9. The number of hydrogen-bond acceptors (Lipinski definition) is 4. The summed E-state index contributed by atoms with van der Waals surface area (Å²) in [6.45, 7) is -0.199. The molecule has 0 aliphatic rings. The second-order valence-electron chi connectivity index (χ2n) is 7.27. The molecule has 0 fully saturated rings. The molecular formula is C25H18ClFN2O4. The smallest absolute Gasteiger partial charge is 0.244 e. The summed E-state index contributed by atoms with van der Waals surface area (Å²) in [5.41, 5.74) is 0.346. The molecule has 4 aromatic rings. The number of nitrogens with zero attached hydrogens (tertiary/aromatic N) is 1. The third-order valence-corrected chi connectivity index (χ3v) is 5.33. The highest BCUT2D eigenvalue weighted by atomic mass is 35.5. The Morgan fingerprint density at radius 3 is 2.39 bits per heavy atom. The number of ketones is 1. The first kappa shape index (κ1) is 22.2. The van der Waals surface area contributed by atoms with E-state index >= 15 is 0 Å². The fraction of sp³-hybridized carbons (Fsp3) is 0.0800. The van der Waals surface area contributed by atoms with Crippen LogP contribution in [-0.2, 0) is 11.3 Å². The third-order valence-electron chi connectivity index (χ3n) is 5.08. The topological polar surface area (TPSA) is 77.4 Å². The summed E-state index contributed by atoms with van der Waals surface area (Å²) in [4.78, 5) is 38.8. The van der Waals surface area contributed by atoms with E-state index in [9.17, 15) is 18.8 Å². The Labute approximate surface area is 193 Å². The molecule has 33 heavy (non-hydrogen) atoms. The normalized spacial score (nSPS) is 10.8. The van der Waals surface area contributed by atoms with Crippen LogP contribution >= 0.6 is 11.6 Å². The van der Waals surface area contributed by atoms with Crippen molar-refractivity contribution in [3.63, 3.8) is 0 Å². The Morgan fingerprint density at radius 1 is 1.03 bits per heavy atom. The number of pyridine rings is 1. The van der Waals surface area contributed by atoms with Crippen molar-refractivity contribution in [1.82, 2.24) is 4.57 Å². The number of benzene rings is 3. The number of carbonyl (C=O) groups excluding carboxylic acids is 2. The van der Waals surface area contributed by atoms with Crippen LogP contribution in [0.5, 0.6) is 5.75 Å². The van der Waals surface area contributed by atoms with Gasteiger partial charge in [0.25, 0.3) is 0 Å². The monoisotopic (exact) mass is 464 g/mol. The van der Waals surface area contributed by atoms with Gasteiger partial charge in [-0.3, -0.25) is 14.4 Å². The predicted octanol–water partition coefficient (Wildman–Crippen LogP) is 4.67. The molecule has 1 amide bonds. The van der Waals surface area contributed by atoms with Gasteiger partial charge in [0.05, 0.1) is 18.2 Å². The van der Waals surface area contributed by atoms with Gasteiger partial charge >= 0.3 is 0 Å². The van der Waals surface area contributed by atoms with E-state index in [1.807, 2.05) is 0 Å². The largest absolute Gasteiger partial charge is 0.497 e. The van der Waals surface area contributed by atoms with E-state index in [4.69, 9.17) is 16.3 Å². The number of aromatic nitrogens is 1. The lowest BCUT2D eigenvalue weighted by atomic mass is 10.0. The van der Waals surface area contributed by atoms with Gasteiger partial charge in [-0.05, 0) is 66.7 Å². The number of ether oxygens (including phenoxy) is 1. The first-order valence-electron chi connectivity index (χ1n) is 9.92. The van der Waals surface area contributed by atoms with E-state index in [2.05, 4.69) is 5.32 Å². The standard InChI is InChI=1S/C25H18ClFN2O4/c1-33-19-9-7-18(8-10-19)28-23(30)14-29-13-21(24(31)15-2-4-16(26)5-3-15)25(32)20-12-17(27)6-11-22(20)29/h2-13H,14H2,1H3,(H,28,30). The molecule has 1 heterocycles. The van der Waals surface area contributed by atoms with E-state index in [0.29, 0.717) is 22.0 Å². The molecule has 0 saturated carbocycles. The molecule has 1 aromatic heterocycles. The first-order valence-corrected chi connectivity index (χ1v) is 10.3. The molecule has 0 saturated heterocycles. The summed E-state index contributed by atoms with van der Waals surface area (Å²) in [6, 6.07) is 16.5. The zero-order valence-electron chi connectivity index (χ0n) is 17.5. The number of fused-ring (bicyclic) bond motifs is 1. The van der Waals surface area contributed by atoms with Gasteiger partial charge in [-0.25, -0.2) is 4.39 Å². The highest BCUT2D eigenvalue weighted by Crippen LogP contribution is 2.19. The van der Waals surface area contributed by atoms with Crippen molar-refractivity contribution in [1.29, 1.82) is 0 Å². The molecule has 0 atom stereocenters. The second-order valence-corrected chi connectivity index (χ2v) is 7.71. The van der Waals surface area contributed by atoms with Gasteiger partial charge in [0.1, 0.15) is 18.1 Å². The van der Waals surface area contributed by atoms with Crippen LogP contribution in [0.25, 0.3) is 10.9 Å². The Morgan fingerprint density at radius 2 is 1.73 bits per heavy atom. The Balaban J connectivity index is 1.72. The molecule has 0 unspecified atom stereocenters. The van der Waals surface area contributed by atoms with Crippen molar-refractivity contribution in [3.8, 4) is 5.75 Å². The Bertz CT molecular complexity index is 1410. The fourth-order valence-electron chi connectivity index (χ4n) is 3.45. The minimum Gasteiger partial charge on any atom is -0.497 e. The highest BCUT2D eigenvalue weighted by molar-refractivity contribution is 6.30. The quantitative estimate of drug-likeness (QED) is 0.420. The summed E-state index contributed by atoms with van der Waals surface area (Å²) in [5, 5.41) is 3.20. The minimum atomic E-state index is -0.620. The van der Waals surface area contributed by atoms with Crippen LogP contribution in [0.1, 0.15) is 15.9 Å². The van der Waals surface area contributed by atoms with E-state index in [1.54, 1.807) is 31.4 Å². The Hall–Kier alpha value is -3.97. The fourth-order valence-corrected chi connectivity index (χ4v) is 3.57. The summed E-state index contributed by atoms with van der Waals surface area (Å²) in [7, 11) is 1.54. The van der Waals surface area contributed by atoms with E-state index in [1.165, 1.54) is 47.2 Å². The number of halogens is 2. The summed E-state index contributed by atoms with van der Waals surface area (Å²) >= 11 is 5.88. The van der Waals surface area contributed by atoms with Gasteiger partial charge in [-0.15, -0.1) is 0 Å². The molecule has 0 bridgehead atoms. The van der Waals surface area contributed by atoms with E-state index in [-0.39, 0.29) is 29.0 Å². The van der Waals surface area contributed by atoms with Crippen molar-refractivity contribution < 1.29 is 18.7 Å². The SMILES string of the molecule is COc1ccc(NC(=O)Cn2cc(C(=O)c3ccc(Cl)cc3)c(=O)c3cc(F)ccc32)cc1. The van der Waals surface area contributed by atoms with Crippen molar-refractivity contribution in [2.75, 3.05) is 12.4 Å². The van der Waals surface area contributed by atoms with Crippen LogP contribution < -0.4 is 15.5 Å². The van der Waals surface area contributed by atoms with Crippen molar-refractivity contribution in [2.45, 2.75) is 6.54 Å². The van der Waals surface area contributed by atoms with Crippen LogP contribution in [0.2, 0.25) is 5.02 Å². The van der Waals surface area contributed by atoms with Gasteiger partial charge in [0, 0.05) is 27.9 Å². The number of carbonyl (C=O) groups is 2. The lowest BCUT2D eigenvalue weighted by Crippen LogP contribution is -2.24. The number of nitrogens with one attached hydrogen (secondary N) is 1. The van der Waals surface area contributed by atoms with E-state index in [0.717, 1.165) is 6.07 Å². The first-order chi connectivity index (χ1) is 15.9.